The number of halogens is 1. The maximum absolute atomic E-state index is 5.18. The highest BCUT2D eigenvalue weighted by Crippen LogP contribution is 2.29. The molecule has 0 amide bonds. The number of nitrogens with zero attached hydrogens (tertiary/aromatic N) is 1. The third kappa shape index (κ3) is 2.25. The van der Waals surface area contributed by atoms with Crippen molar-refractivity contribution in [2.24, 2.45) is 0 Å². The molecule has 5 heteroatoms. The minimum Gasteiger partial charge on any atom is -0.496 e. The zero-order chi connectivity index (χ0) is 11.5. The molecule has 3 nitrogen and oxygen atoms in total. The van der Waals surface area contributed by atoms with Crippen LogP contribution in [0, 0.1) is 0 Å². The Morgan fingerprint density at radius 1 is 1.50 bits per heavy atom. The third-order valence-corrected chi connectivity index (χ3v) is 3.16. The average Bonchev–Trinajstić information content (AvgIpc) is 2.77. The number of benzene rings is 1. The predicted molar refractivity (Wildman–Crippen MR) is 71.0 cm³/mol. The summed E-state index contributed by atoms with van der Waals surface area (Å²) in [5, 5.41) is 0. The van der Waals surface area contributed by atoms with Gasteiger partial charge in [-0.05, 0) is 34.1 Å². The second kappa shape index (κ2) is 4.93. The van der Waals surface area contributed by atoms with Gasteiger partial charge in [0.2, 0.25) is 0 Å². The zero-order valence-electron chi connectivity index (χ0n) is 8.70. The monoisotopic (exact) mass is 298 g/mol. The molecule has 0 bridgehead atoms. The van der Waals surface area contributed by atoms with Crippen LogP contribution >= 0.6 is 28.6 Å². The number of hydrogen-bond acceptors (Lipinski definition) is 3. The standard InChI is InChI=1S/C11H11BrN2OS/c1-15-10-3-2-7(4-8(10)12)9-5-13-11(6-16)14-9/h2-5,16H,6H2,1H3,(H,13,14). The van der Waals surface area contributed by atoms with Crippen molar-refractivity contribution in [3.63, 3.8) is 0 Å². The van der Waals surface area contributed by atoms with Crippen LogP contribution in [-0.2, 0) is 5.75 Å². The number of aromatic nitrogens is 2. The molecule has 0 aliphatic heterocycles. The third-order valence-electron chi connectivity index (χ3n) is 2.24. The summed E-state index contributed by atoms with van der Waals surface area (Å²) in [4.78, 5) is 7.40. The molecule has 0 spiro atoms. The van der Waals surface area contributed by atoms with E-state index in [0.717, 1.165) is 27.3 Å². The molecule has 1 N–H and O–H groups in total. The minimum atomic E-state index is 0.608. The average molecular weight is 299 g/mol. The smallest absolute Gasteiger partial charge is 0.133 e. The molecular formula is C11H11BrN2OS. The lowest BCUT2D eigenvalue weighted by atomic mass is 10.2. The van der Waals surface area contributed by atoms with Crippen molar-refractivity contribution < 1.29 is 4.74 Å². The van der Waals surface area contributed by atoms with Gasteiger partial charge in [0.25, 0.3) is 0 Å². The number of H-pyrrole nitrogens is 1. The van der Waals surface area contributed by atoms with Crippen LogP contribution in [0.15, 0.2) is 28.9 Å². The molecule has 2 aromatic rings. The fraction of sp³-hybridized carbons (Fsp3) is 0.182. The lowest BCUT2D eigenvalue weighted by Crippen LogP contribution is -1.85. The number of methoxy groups -OCH3 is 1. The van der Waals surface area contributed by atoms with E-state index in [1.165, 1.54) is 0 Å². The number of nitrogens with one attached hydrogen (secondary N) is 1. The Hall–Kier alpha value is -0.940. The fourth-order valence-electron chi connectivity index (χ4n) is 1.42. The first-order valence-corrected chi connectivity index (χ1v) is 6.16. The maximum Gasteiger partial charge on any atom is 0.133 e. The van der Waals surface area contributed by atoms with E-state index in [1.807, 2.05) is 18.2 Å². The summed E-state index contributed by atoms with van der Waals surface area (Å²) >= 11 is 7.62. The Balaban J connectivity index is 2.37. The Kier molecular flexibility index (Phi) is 3.56. The summed E-state index contributed by atoms with van der Waals surface area (Å²) < 4.78 is 6.10. The number of aromatic amines is 1. The summed E-state index contributed by atoms with van der Waals surface area (Å²) in [6, 6.07) is 5.90. The predicted octanol–water partition coefficient (Wildman–Crippen LogP) is 3.28. The highest BCUT2D eigenvalue weighted by molar-refractivity contribution is 9.10. The molecule has 0 saturated heterocycles. The van der Waals surface area contributed by atoms with E-state index in [-0.39, 0.29) is 0 Å². The van der Waals surface area contributed by atoms with E-state index < -0.39 is 0 Å². The van der Waals surface area contributed by atoms with Gasteiger partial charge in [-0.3, -0.25) is 0 Å². The second-order valence-corrected chi connectivity index (χ2v) is 4.42. The van der Waals surface area contributed by atoms with Gasteiger partial charge in [0.1, 0.15) is 11.6 Å². The zero-order valence-corrected chi connectivity index (χ0v) is 11.2. The molecule has 1 heterocycles. The van der Waals surface area contributed by atoms with Gasteiger partial charge in [-0.2, -0.15) is 12.6 Å². The SMILES string of the molecule is COc1ccc(-c2cnc(CS)[nH]2)cc1Br. The van der Waals surface area contributed by atoms with Gasteiger partial charge >= 0.3 is 0 Å². The number of rotatable bonds is 3. The number of thiol groups is 1. The number of hydrogen-bond donors (Lipinski definition) is 2. The van der Waals surface area contributed by atoms with Crippen LogP contribution in [0.4, 0.5) is 0 Å². The Morgan fingerprint density at radius 3 is 2.88 bits per heavy atom. The van der Waals surface area contributed by atoms with Crippen molar-refractivity contribution in [1.82, 2.24) is 9.97 Å². The summed E-state index contributed by atoms with van der Waals surface area (Å²) in [5.41, 5.74) is 2.04. The van der Waals surface area contributed by atoms with Crippen LogP contribution in [0.5, 0.6) is 5.75 Å². The normalized spacial score (nSPS) is 10.4. The van der Waals surface area contributed by atoms with E-state index in [1.54, 1.807) is 13.3 Å². The Bertz CT molecular complexity index is 498. The van der Waals surface area contributed by atoms with Gasteiger partial charge in [0.15, 0.2) is 0 Å². The summed E-state index contributed by atoms with van der Waals surface area (Å²) in [7, 11) is 1.65. The molecule has 0 aliphatic rings. The van der Waals surface area contributed by atoms with E-state index in [2.05, 4.69) is 38.5 Å². The molecule has 0 atom stereocenters. The van der Waals surface area contributed by atoms with Crippen molar-refractivity contribution in [2.75, 3.05) is 7.11 Å². The summed E-state index contributed by atoms with van der Waals surface area (Å²) in [6.07, 6.45) is 1.81. The largest absolute Gasteiger partial charge is 0.496 e. The van der Waals surface area contributed by atoms with Crippen molar-refractivity contribution in [1.29, 1.82) is 0 Å². The molecule has 0 saturated carbocycles. The number of imidazole rings is 1. The van der Waals surface area contributed by atoms with Crippen LogP contribution in [0.1, 0.15) is 5.82 Å². The molecular weight excluding hydrogens is 288 g/mol. The van der Waals surface area contributed by atoms with Gasteiger partial charge in [-0.15, -0.1) is 0 Å². The first kappa shape index (κ1) is 11.5. The molecule has 0 radical (unpaired) electrons. The van der Waals surface area contributed by atoms with E-state index in [9.17, 15) is 0 Å². The second-order valence-electron chi connectivity index (χ2n) is 3.25. The topological polar surface area (TPSA) is 37.9 Å². The highest BCUT2D eigenvalue weighted by Gasteiger charge is 2.05. The summed E-state index contributed by atoms with van der Waals surface area (Å²) in [6.45, 7) is 0. The molecule has 1 aromatic heterocycles. The van der Waals surface area contributed by atoms with Crippen LogP contribution < -0.4 is 4.74 Å². The van der Waals surface area contributed by atoms with Crippen LogP contribution in [0.25, 0.3) is 11.3 Å². The number of ether oxygens (including phenoxy) is 1. The van der Waals surface area contributed by atoms with Gasteiger partial charge < -0.3 is 9.72 Å². The van der Waals surface area contributed by atoms with Gasteiger partial charge in [0, 0.05) is 11.3 Å². The Labute approximate surface area is 108 Å². The van der Waals surface area contributed by atoms with E-state index >= 15 is 0 Å². The van der Waals surface area contributed by atoms with E-state index in [0.29, 0.717) is 5.75 Å². The van der Waals surface area contributed by atoms with Crippen molar-refractivity contribution >= 4 is 28.6 Å². The van der Waals surface area contributed by atoms with Gasteiger partial charge in [-0.25, -0.2) is 4.98 Å². The van der Waals surface area contributed by atoms with Crippen LogP contribution in [-0.4, -0.2) is 17.1 Å². The van der Waals surface area contributed by atoms with Crippen molar-refractivity contribution in [3.05, 3.63) is 34.7 Å². The quantitative estimate of drug-likeness (QED) is 0.854. The highest BCUT2D eigenvalue weighted by atomic mass is 79.9. The van der Waals surface area contributed by atoms with Crippen LogP contribution in [0.2, 0.25) is 0 Å². The van der Waals surface area contributed by atoms with Crippen LogP contribution in [0.3, 0.4) is 0 Å². The molecule has 84 valence electrons. The van der Waals surface area contributed by atoms with Crippen molar-refractivity contribution in [2.45, 2.75) is 5.75 Å². The van der Waals surface area contributed by atoms with E-state index in [4.69, 9.17) is 4.74 Å². The van der Waals surface area contributed by atoms with Gasteiger partial charge in [-0.1, -0.05) is 0 Å². The molecule has 2 rings (SSSR count). The molecule has 16 heavy (non-hydrogen) atoms. The lowest BCUT2D eigenvalue weighted by Gasteiger charge is -2.04. The molecule has 1 aromatic carbocycles. The maximum atomic E-state index is 5.18. The first-order valence-electron chi connectivity index (χ1n) is 4.73. The minimum absolute atomic E-state index is 0.608. The molecule has 0 aliphatic carbocycles. The van der Waals surface area contributed by atoms with Crippen molar-refractivity contribution in [3.8, 4) is 17.0 Å². The summed E-state index contributed by atoms with van der Waals surface area (Å²) in [5.74, 6) is 2.29. The Morgan fingerprint density at radius 2 is 2.31 bits per heavy atom. The molecule has 0 unspecified atom stereocenters. The lowest BCUT2D eigenvalue weighted by molar-refractivity contribution is 0.412. The molecule has 0 fully saturated rings. The fourth-order valence-corrected chi connectivity index (χ4v) is 2.12. The first-order chi connectivity index (χ1) is 7.74. The van der Waals surface area contributed by atoms with Gasteiger partial charge in [0.05, 0.1) is 23.5 Å².